The minimum absolute atomic E-state index is 0.0983. The molecular formula is C14H10BrFN2O2S. The second-order valence-corrected chi connectivity index (χ2v) is 6.89. The highest BCUT2D eigenvalue weighted by Crippen LogP contribution is 2.16. The lowest BCUT2D eigenvalue weighted by Gasteiger charge is -2.07. The number of nitrogens with zero attached hydrogens (tertiary/aromatic N) is 1. The van der Waals surface area contributed by atoms with Gasteiger partial charge in [-0.1, -0.05) is 28.1 Å². The Morgan fingerprint density at radius 1 is 1.24 bits per heavy atom. The Kier molecular flexibility index (Phi) is 4.73. The summed E-state index contributed by atoms with van der Waals surface area (Å²) in [5.41, 5.74) is 0.468. The number of sulfonamides is 1. The van der Waals surface area contributed by atoms with Crippen molar-refractivity contribution in [1.29, 1.82) is 5.26 Å². The molecular weight excluding hydrogens is 359 g/mol. The van der Waals surface area contributed by atoms with E-state index in [0.717, 1.165) is 28.2 Å². The molecule has 4 nitrogen and oxygen atoms in total. The van der Waals surface area contributed by atoms with E-state index in [2.05, 4.69) is 20.7 Å². The molecule has 7 heteroatoms. The van der Waals surface area contributed by atoms with Crippen molar-refractivity contribution in [1.82, 2.24) is 4.72 Å². The van der Waals surface area contributed by atoms with E-state index in [1.807, 2.05) is 6.07 Å². The number of rotatable bonds is 4. The van der Waals surface area contributed by atoms with E-state index in [9.17, 15) is 12.8 Å². The van der Waals surface area contributed by atoms with Crippen molar-refractivity contribution in [3.8, 4) is 6.07 Å². The zero-order valence-corrected chi connectivity index (χ0v) is 13.1. The van der Waals surface area contributed by atoms with E-state index in [-0.39, 0.29) is 17.0 Å². The SMILES string of the molecule is N#Cc1cc(S(=O)(=O)NCc2cccc(Br)c2)ccc1F. The molecule has 108 valence electrons. The van der Waals surface area contributed by atoms with Crippen LogP contribution in [0.4, 0.5) is 4.39 Å². The number of nitriles is 1. The van der Waals surface area contributed by atoms with E-state index in [1.165, 1.54) is 0 Å². The van der Waals surface area contributed by atoms with Crippen LogP contribution >= 0.6 is 15.9 Å². The number of hydrogen-bond acceptors (Lipinski definition) is 3. The normalized spacial score (nSPS) is 11.1. The summed E-state index contributed by atoms with van der Waals surface area (Å²) in [6.07, 6.45) is 0. The van der Waals surface area contributed by atoms with Gasteiger partial charge >= 0.3 is 0 Å². The average Bonchev–Trinajstić information content (AvgIpc) is 2.46. The monoisotopic (exact) mass is 368 g/mol. The fraction of sp³-hybridized carbons (Fsp3) is 0.0714. The lowest BCUT2D eigenvalue weighted by molar-refractivity contribution is 0.580. The molecule has 0 aliphatic rings. The smallest absolute Gasteiger partial charge is 0.207 e. The second-order valence-electron chi connectivity index (χ2n) is 4.21. The fourth-order valence-corrected chi connectivity index (χ4v) is 3.16. The Hall–Kier alpha value is -1.75. The van der Waals surface area contributed by atoms with Crippen LogP contribution in [0, 0.1) is 17.1 Å². The molecule has 0 aliphatic heterocycles. The maximum atomic E-state index is 13.2. The molecule has 0 radical (unpaired) electrons. The zero-order chi connectivity index (χ0) is 15.5. The van der Waals surface area contributed by atoms with Gasteiger partial charge in [-0.2, -0.15) is 5.26 Å². The van der Waals surface area contributed by atoms with Crippen LogP contribution in [0.25, 0.3) is 0 Å². The van der Waals surface area contributed by atoms with Gasteiger partial charge in [0.2, 0.25) is 10.0 Å². The van der Waals surface area contributed by atoms with Crippen LogP contribution in [-0.4, -0.2) is 8.42 Å². The molecule has 0 spiro atoms. The third-order valence-corrected chi connectivity index (χ3v) is 4.62. The second kappa shape index (κ2) is 6.35. The fourth-order valence-electron chi connectivity index (χ4n) is 1.67. The molecule has 2 aromatic carbocycles. The van der Waals surface area contributed by atoms with Gasteiger partial charge in [0.1, 0.15) is 11.9 Å². The van der Waals surface area contributed by atoms with E-state index in [4.69, 9.17) is 5.26 Å². The Morgan fingerprint density at radius 2 is 2.00 bits per heavy atom. The predicted molar refractivity (Wildman–Crippen MR) is 79.3 cm³/mol. The molecule has 0 saturated heterocycles. The first-order chi connectivity index (χ1) is 9.92. The summed E-state index contributed by atoms with van der Waals surface area (Å²) in [6.45, 7) is 0.0983. The van der Waals surface area contributed by atoms with Crippen LogP contribution in [0.5, 0.6) is 0 Å². The van der Waals surface area contributed by atoms with Crippen molar-refractivity contribution < 1.29 is 12.8 Å². The largest absolute Gasteiger partial charge is 0.240 e. The van der Waals surface area contributed by atoms with Crippen molar-refractivity contribution in [2.24, 2.45) is 0 Å². The Balaban J connectivity index is 2.21. The highest BCUT2D eigenvalue weighted by molar-refractivity contribution is 9.10. The molecule has 2 rings (SSSR count). The lowest BCUT2D eigenvalue weighted by Crippen LogP contribution is -2.23. The number of nitrogens with one attached hydrogen (secondary N) is 1. The first kappa shape index (κ1) is 15.6. The molecule has 0 unspecified atom stereocenters. The maximum Gasteiger partial charge on any atom is 0.240 e. The van der Waals surface area contributed by atoms with Crippen LogP contribution in [0.2, 0.25) is 0 Å². The molecule has 2 aromatic rings. The van der Waals surface area contributed by atoms with E-state index in [1.54, 1.807) is 24.3 Å². The Bertz CT molecular complexity index is 816. The molecule has 0 aliphatic carbocycles. The molecule has 0 bridgehead atoms. The van der Waals surface area contributed by atoms with Crippen molar-refractivity contribution in [3.63, 3.8) is 0 Å². The van der Waals surface area contributed by atoms with Crippen LogP contribution in [-0.2, 0) is 16.6 Å². The topological polar surface area (TPSA) is 70.0 Å². The summed E-state index contributed by atoms with van der Waals surface area (Å²) >= 11 is 3.30. The molecule has 0 saturated carbocycles. The predicted octanol–water partition coefficient (Wildman–Crippen LogP) is 2.94. The number of halogens is 2. The molecule has 0 heterocycles. The van der Waals surface area contributed by atoms with Crippen molar-refractivity contribution >= 4 is 26.0 Å². The van der Waals surface area contributed by atoms with Crippen LogP contribution in [0.15, 0.2) is 51.8 Å². The van der Waals surface area contributed by atoms with E-state index in [0.29, 0.717) is 0 Å². The van der Waals surface area contributed by atoms with Crippen molar-refractivity contribution in [2.75, 3.05) is 0 Å². The Labute approximate surface area is 130 Å². The van der Waals surface area contributed by atoms with E-state index >= 15 is 0 Å². The molecule has 0 amide bonds. The van der Waals surface area contributed by atoms with Gasteiger partial charge in [0, 0.05) is 11.0 Å². The van der Waals surface area contributed by atoms with Gasteiger partial charge < -0.3 is 0 Å². The minimum atomic E-state index is -3.80. The summed E-state index contributed by atoms with van der Waals surface area (Å²) in [6, 6.07) is 11.9. The van der Waals surface area contributed by atoms with Gasteiger partial charge in [0.25, 0.3) is 0 Å². The minimum Gasteiger partial charge on any atom is -0.207 e. The average molecular weight is 369 g/mol. The van der Waals surface area contributed by atoms with E-state index < -0.39 is 15.8 Å². The summed E-state index contributed by atoms with van der Waals surface area (Å²) in [7, 11) is -3.80. The standard InChI is InChI=1S/C14H10BrFN2O2S/c15-12-3-1-2-10(6-12)9-18-21(19,20)13-4-5-14(16)11(7-13)8-17/h1-7,18H,9H2. The summed E-state index contributed by atoms with van der Waals surface area (Å²) < 4.78 is 40.7. The lowest BCUT2D eigenvalue weighted by atomic mass is 10.2. The van der Waals surface area contributed by atoms with Gasteiger partial charge in [0.15, 0.2) is 0 Å². The van der Waals surface area contributed by atoms with Crippen LogP contribution in [0.3, 0.4) is 0 Å². The summed E-state index contributed by atoms with van der Waals surface area (Å²) in [5, 5.41) is 8.74. The van der Waals surface area contributed by atoms with Crippen LogP contribution < -0.4 is 4.72 Å². The highest BCUT2D eigenvalue weighted by Gasteiger charge is 2.16. The quantitative estimate of drug-likeness (QED) is 0.901. The number of benzene rings is 2. The van der Waals surface area contributed by atoms with Gasteiger partial charge in [-0.3, -0.25) is 0 Å². The highest BCUT2D eigenvalue weighted by atomic mass is 79.9. The first-order valence-electron chi connectivity index (χ1n) is 5.86. The van der Waals surface area contributed by atoms with Crippen LogP contribution in [0.1, 0.15) is 11.1 Å². The molecule has 21 heavy (non-hydrogen) atoms. The summed E-state index contributed by atoms with van der Waals surface area (Å²) in [5.74, 6) is -0.747. The van der Waals surface area contributed by atoms with Crippen molar-refractivity contribution in [3.05, 3.63) is 63.9 Å². The first-order valence-corrected chi connectivity index (χ1v) is 8.14. The van der Waals surface area contributed by atoms with Crippen molar-refractivity contribution in [2.45, 2.75) is 11.4 Å². The molecule has 0 fully saturated rings. The summed E-state index contributed by atoms with van der Waals surface area (Å²) in [4.78, 5) is -0.143. The molecule has 1 N–H and O–H groups in total. The zero-order valence-electron chi connectivity index (χ0n) is 10.7. The molecule has 0 aromatic heterocycles. The maximum absolute atomic E-state index is 13.2. The van der Waals surface area contributed by atoms with Gasteiger partial charge in [-0.25, -0.2) is 17.5 Å². The van der Waals surface area contributed by atoms with Gasteiger partial charge in [-0.15, -0.1) is 0 Å². The third kappa shape index (κ3) is 3.88. The van der Waals surface area contributed by atoms with Gasteiger partial charge in [-0.05, 0) is 35.9 Å². The Morgan fingerprint density at radius 3 is 2.67 bits per heavy atom. The third-order valence-electron chi connectivity index (χ3n) is 2.72. The number of hydrogen-bond donors (Lipinski definition) is 1. The molecule has 0 atom stereocenters. The van der Waals surface area contributed by atoms with Gasteiger partial charge in [0.05, 0.1) is 10.5 Å².